The molecule has 0 bridgehead atoms. The lowest BCUT2D eigenvalue weighted by molar-refractivity contribution is 0.146. The van der Waals surface area contributed by atoms with Gasteiger partial charge in [0, 0.05) is 13.2 Å². The molecule has 68 valence electrons. The Balaban J connectivity index is 3.96. The molecule has 0 aliphatic rings. The summed E-state index contributed by atoms with van der Waals surface area (Å²) in [5.74, 6) is 0. The zero-order chi connectivity index (χ0) is 8.74. The number of nitrogens with two attached hydrogens (primary N) is 2. The molecule has 0 unspecified atom stereocenters. The Morgan fingerprint density at radius 2 is 1.27 bits per heavy atom. The van der Waals surface area contributed by atoms with Crippen LogP contribution in [-0.4, -0.2) is 36.5 Å². The van der Waals surface area contributed by atoms with Crippen LogP contribution in [0, 0.1) is 5.41 Å². The van der Waals surface area contributed by atoms with Crippen LogP contribution in [0.4, 0.5) is 0 Å². The third kappa shape index (κ3) is 3.16. The van der Waals surface area contributed by atoms with Crippen molar-refractivity contribution < 1.29 is 10.2 Å². The van der Waals surface area contributed by atoms with Crippen LogP contribution in [0.5, 0.6) is 0 Å². The molecular formula is C7H18N2O2. The minimum Gasteiger partial charge on any atom is -0.396 e. The summed E-state index contributed by atoms with van der Waals surface area (Å²) in [4.78, 5) is 0. The summed E-state index contributed by atoms with van der Waals surface area (Å²) in [6, 6.07) is 0. The van der Waals surface area contributed by atoms with Crippen molar-refractivity contribution in [3.8, 4) is 0 Å². The van der Waals surface area contributed by atoms with E-state index in [1.165, 1.54) is 0 Å². The molecule has 0 heterocycles. The topological polar surface area (TPSA) is 92.5 Å². The van der Waals surface area contributed by atoms with E-state index >= 15 is 0 Å². The van der Waals surface area contributed by atoms with Gasteiger partial charge in [-0.3, -0.25) is 0 Å². The van der Waals surface area contributed by atoms with Gasteiger partial charge in [0.25, 0.3) is 0 Å². The van der Waals surface area contributed by atoms with Crippen LogP contribution < -0.4 is 11.5 Å². The smallest absolute Gasteiger partial charge is 0.0437 e. The van der Waals surface area contributed by atoms with Crippen molar-refractivity contribution in [1.82, 2.24) is 0 Å². The number of hydrogen-bond acceptors (Lipinski definition) is 4. The minimum atomic E-state index is -0.260. The molecule has 0 aliphatic heterocycles. The summed E-state index contributed by atoms with van der Waals surface area (Å²) in [6.07, 6.45) is 1.14. The van der Waals surface area contributed by atoms with Crippen LogP contribution in [0.1, 0.15) is 12.8 Å². The Hall–Kier alpha value is -0.160. The second-order valence-electron chi connectivity index (χ2n) is 2.86. The van der Waals surface area contributed by atoms with E-state index in [2.05, 4.69) is 0 Å². The molecule has 0 fully saturated rings. The van der Waals surface area contributed by atoms with Crippen LogP contribution in [0.15, 0.2) is 0 Å². The van der Waals surface area contributed by atoms with Gasteiger partial charge in [-0.15, -0.1) is 0 Å². The fourth-order valence-electron chi connectivity index (χ4n) is 1.09. The number of hydrogen-bond donors (Lipinski definition) is 4. The van der Waals surface area contributed by atoms with E-state index in [9.17, 15) is 0 Å². The quantitative estimate of drug-likeness (QED) is 0.389. The first-order valence-electron chi connectivity index (χ1n) is 3.86. The lowest BCUT2D eigenvalue weighted by atomic mass is 9.82. The van der Waals surface area contributed by atoms with E-state index in [0.717, 1.165) is 0 Å². The van der Waals surface area contributed by atoms with Gasteiger partial charge in [-0.2, -0.15) is 0 Å². The molecule has 0 rings (SSSR count). The highest BCUT2D eigenvalue weighted by Gasteiger charge is 2.25. The van der Waals surface area contributed by atoms with Crippen LogP contribution in [0.2, 0.25) is 0 Å². The summed E-state index contributed by atoms with van der Waals surface area (Å²) in [6.45, 7) is 0.998. The number of aliphatic hydroxyl groups is 2. The minimum absolute atomic E-state index is 0.0778. The summed E-state index contributed by atoms with van der Waals surface area (Å²) in [5.41, 5.74) is 10.7. The maximum Gasteiger partial charge on any atom is 0.0437 e. The number of aliphatic hydroxyl groups excluding tert-OH is 2. The zero-order valence-corrected chi connectivity index (χ0v) is 6.79. The molecule has 0 spiro atoms. The van der Waals surface area contributed by atoms with Gasteiger partial charge in [-0.05, 0) is 31.3 Å². The van der Waals surface area contributed by atoms with Crippen molar-refractivity contribution >= 4 is 0 Å². The molecule has 0 amide bonds. The maximum atomic E-state index is 8.70. The third-order valence-electron chi connectivity index (χ3n) is 2.15. The normalized spacial score (nSPS) is 12.0. The van der Waals surface area contributed by atoms with Crippen LogP contribution in [-0.2, 0) is 0 Å². The van der Waals surface area contributed by atoms with Gasteiger partial charge < -0.3 is 21.7 Å². The van der Waals surface area contributed by atoms with Crippen molar-refractivity contribution in [3.05, 3.63) is 0 Å². The first-order valence-corrected chi connectivity index (χ1v) is 3.86. The highest BCUT2D eigenvalue weighted by atomic mass is 16.3. The van der Waals surface area contributed by atoms with Gasteiger partial charge in [0.15, 0.2) is 0 Å². The van der Waals surface area contributed by atoms with Crippen LogP contribution in [0.3, 0.4) is 0 Å². The zero-order valence-electron chi connectivity index (χ0n) is 6.79. The van der Waals surface area contributed by atoms with E-state index < -0.39 is 0 Å². The van der Waals surface area contributed by atoms with Crippen LogP contribution >= 0.6 is 0 Å². The molecule has 0 saturated heterocycles. The Bertz CT molecular complexity index is 86.4. The predicted octanol–water partition coefficient (Wildman–Crippen LogP) is -1.34. The second kappa shape index (κ2) is 5.49. The first kappa shape index (κ1) is 10.8. The Labute approximate surface area is 67.2 Å². The maximum absolute atomic E-state index is 8.70. The molecule has 4 heteroatoms. The Morgan fingerprint density at radius 1 is 0.909 bits per heavy atom. The highest BCUT2D eigenvalue weighted by molar-refractivity contribution is 4.80. The fraction of sp³-hybridized carbons (Fsp3) is 1.00. The average Bonchev–Trinajstić information content (AvgIpc) is 2.04. The largest absolute Gasteiger partial charge is 0.396 e. The molecule has 0 aliphatic carbocycles. The summed E-state index contributed by atoms with van der Waals surface area (Å²) in [5, 5.41) is 17.4. The lowest BCUT2D eigenvalue weighted by Gasteiger charge is -2.29. The molecular weight excluding hydrogens is 144 g/mol. The Kier molecular flexibility index (Phi) is 5.41. The standard InChI is InChI=1S/C7H18N2O2/c8-5-7(6-9,1-3-10)2-4-11/h10-11H,1-6,8-9H2. The summed E-state index contributed by atoms with van der Waals surface area (Å²) >= 11 is 0. The van der Waals surface area contributed by atoms with Gasteiger partial charge in [-0.25, -0.2) is 0 Å². The van der Waals surface area contributed by atoms with Crippen molar-refractivity contribution in [2.45, 2.75) is 12.8 Å². The van der Waals surface area contributed by atoms with E-state index in [4.69, 9.17) is 21.7 Å². The van der Waals surface area contributed by atoms with Gasteiger partial charge in [0.05, 0.1) is 0 Å². The molecule has 6 N–H and O–H groups in total. The fourth-order valence-corrected chi connectivity index (χ4v) is 1.09. The Morgan fingerprint density at radius 3 is 1.45 bits per heavy atom. The van der Waals surface area contributed by atoms with E-state index in [0.29, 0.717) is 25.9 Å². The summed E-state index contributed by atoms with van der Waals surface area (Å²) < 4.78 is 0. The molecule has 11 heavy (non-hydrogen) atoms. The van der Waals surface area contributed by atoms with Gasteiger partial charge in [0.2, 0.25) is 0 Å². The van der Waals surface area contributed by atoms with Gasteiger partial charge >= 0.3 is 0 Å². The van der Waals surface area contributed by atoms with Crippen molar-refractivity contribution in [2.75, 3.05) is 26.3 Å². The van der Waals surface area contributed by atoms with Gasteiger partial charge in [0.1, 0.15) is 0 Å². The molecule has 0 aromatic heterocycles. The molecule has 0 aromatic rings. The van der Waals surface area contributed by atoms with Crippen LogP contribution in [0.25, 0.3) is 0 Å². The first-order chi connectivity index (χ1) is 5.24. The molecule has 0 saturated carbocycles. The van der Waals surface area contributed by atoms with Crippen molar-refractivity contribution in [3.63, 3.8) is 0 Å². The number of rotatable bonds is 6. The second-order valence-corrected chi connectivity index (χ2v) is 2.86. The lowest BCUT2D eigenvalue weighted by Crippen LogP contribution is -2.39. The summed E-state index contributed by atoms with van der Waals surface area (Å²) in [7, 11) is 0. The SMILES string of the molecule is NCC(CN)(CCO)CCO. The van der Waals surface area contributed by atoms with Gasteiger partial charge in [-0.1, -0.05) is 0 Å². The molecule has 4 nitrogen and oxygen atoms in total. The van der Waals surface area contributed by atoms with E-state index in [1.54, 1.807) is 0 Å². The highest BCUT2D eigenvalue weighted by Crippen LogP contribution is 2.22. The third-order valence-corrected chi connectivity index (χ3v) is 2.15. The average molecular weight is 162 g/mol. The predicted molar refractivity (Wildman–Crippen MR) is 43.9 cm³/mol. The van der Waals surface area contributed by atoms with Crippen molar-refractivity contribution in [1.29, 1.82) is 0 Å². The van der Waals surface area contributed by atoms with E-state index in [1.807, 2.05) is 0 Å². The molecule has 0 radical (unpaired) electrons. The van der Waals surface area contributed by atoms with E-state index in [-0.39, 0.29) is 18.6 Å². The monoisotopic (exact) mass is 162 g/mol. The van der Waals surface area contributed by atoms with Crippen molar-refractivity contribution in [2.24, 2.45) is 16.9 Å². The molecule has 0 aromatic carbocycles. The molecule has 0 atom stereocenters.